The molecule has 10 heteroatoms. The van der Waals surface area contributed by atoms with E-state index in [1.54, 1.807) is 0 Å². The fourth-order valence-electron chi connectivity index (χ4n) is 7.37. The third-order valence-corrected chi connectivity index (χ3v) is 10.00. The van der Waals surface area contributed by atoms with Crippen LogP contribution in [0, 0.1) is 38.5 Å². The number of Topliss-reactive ketones (excluding diaryl/α,β-unsaturated/α-hetero) is 1. The molecule has 2 aliphatic heterocycles. The Morgan fingerprint density at radius 3 is 2.27 bits per heavy atom. The number of ketones is 1. The number of carbonyl (C=O) groups excluding carboxylic acids is 3. The van der Waals surface area contributed by atoms with Crippen LogP contribution in [0.3, 0.4) is 0 Å². The van der Waals surface area contributed by atoms with E-state index in [0.29, 0.717) is 40.2 Å². The van der Waals surface area contributed by atoms with E-state index < -0.39 is 11.9 Å². The zero-order chi connectivity index (χ0) is 33.7. The summed E-state index contributed by atoms with van der Waals surface area (Å²) in [4.78, 5) is 55.2. The number of hydrogen-bond acceptors (Lipinski definition) is 5. The minimum Gasteiger partial charge on any atom is -0.664 e. The van der Waals surface area contributed by atoms with E-state index in [9.17, 15) is 14.4 Å². The summed E-state index contributed by atoms with van der Waals surface area (Å²) in [6.07, 6.45) is 9.65. The first-order chi connectivity index (χ1) is 22.5. The van der Waals surface area contributed by atoms with E-state index in [4.69, 9.17) is 29.7 Å². The molecule has 0 spiro atoms. The molecule has 0 aromatic carbocycles. The van der Waals surface area contributed by atoms with Crippen molar-refractivity contribution in [2.45, 2.75) is 67.2 Å². The second-order valence-corrected chi connectivity index (χ2v) is 12.5. The molecule has 9 nitrogen and oxygen atoms in total. The quantitative estimate of drug-likeness (QED) is 0.154. The van der Waals surface area contributed by atoms with Gasteiger partial charge in [-0.15, -0.1) is 33.5 Å². The van der Waals surface area contributed by atoms with Gasteiger partial charge in [0.15, 0.2) is 5.78 Å². The minimum atomic E-state index is -1.20. The van der Waals surface area contributed by atoms with Gasteiger partial charge < -0.3 is 29.7 Å². The van der Waals surface area contributed by atoms with Crippen molar-refractivity contribution < 1.29 is 23.9 Å². The van der Waals surface area contributed by atoms with Gasteiger partial charge in [-0.3, -0.25) is 14.4 Å². The Bertz CT molecular complexity index is 2020. The molecular formula is C38H40MgN4O5-2. The van der Waals surface area contributed by atoms with Gasteiger partial charge in [-0.1, -0.05) is 85.0 Å². The van der Waals surface area contributed by atoms with Crippen LogP contribution < -0.4 is 25.7 Å². The number of esters is 2. The fourth-order valence-corrected chi connectivity index (χ4v) is 7.37. The number of fused-ring (bicyclic) bond motifs is 7. The van der Waals surface area contributed by atoms with Crippen molar-refractivity contribution in [3.63, 3.8) is 0 Å². The maximum Gasteiger partial charge on any atom is 2.00 e. The molecule has 246 valence electrons. The Labute approximate surface area is 297 Å². The van der Waals surface area contributed by atoms with Crippen LogP contribution in [0.5, 0.6) is 0 Å². The van der Waals surface area contributed by atoms with Gasteiger partial charge in [-0.05, 0) is 51.9 Å². The second kappa shape index (κ2) is 13.8. The van der Waals surface area contributed by atoms with Crippen LogP contribution in [-0.4, -0.2) is 54.5 Å². The zero-order valence-corrected chi connectivity index (χ0v) is 30.2. The maximum absolute atomic E-state index is 14.1. The van der Waals surface area contributed by atoms with Gasteiger partial charge in [-0.25, -0.2) is 0 Å². The van der Waals surface area contributed by atoms with Crippen molar-refractivity contribution in [3.05, 3.63) is 96.2 Å². The average Bonchev–Trinajstić information content (AvgIpc) is 3.79. The molecule has 3 aromatic rings. The van der Waals surface area contributed by atoms with E-state index in [1.807, 2.05) is 19.1 Å². The molecule has 0 unspecified atom stereocenters. The van der Waals surface area contributed by atoms with Crippen molar-refractivity contribution in [1.29, 1.82) is 0 Å². The van der Waals surface area contributed by atoms with E-state index in [0.717, 1.165) is 62.9 Å². The predicted octanol–water partition coefficient (Wildman–Crippen LogP) is 4.09. The number of allylic oxidation sites excluding steroid dienone is 2. The molecule has 5 heterocycles. The van der Waals surface area contributed by atoms with Gasteiger partial charge in [0.05, 0.1) is 7.11 Å². The summed E-state index contributed by atoms with van der Waals surface area (Å²) in [7, 11) is 1.28. The summed E-state index contributed by atoms with van der Waals surface area (Å²) < 4.78 is 10.5. The number of carbonyl (C=O) groups is 3. The number of rotatable bonds is 8. The van der Waals surface area contributed by atoms with Crippen molar-refractivity contribution in [2.75, 3.05) is 13.7 Å². The van der Waals surface area contributed by atoms with Crippen LogP contribution in [-0.2, 0) is 31.9 Å². The molecule has 1 aliphatic carbocycles. The standard InChI is InChI=1S/C38H41N4O5.Mg/c1-9-14-47-31(43)13-12-24-20(6)27-15-25-18(4)22(10-2)29(39-25)16-26-19(5)23(11-3)30(40-26)17-28-21(7)32-36(42-28)33(35(24)41-27)34(37(32)44)38(45)46-8;/h9,15-17,20,24,34H,1,10-14H2,2-8H3,(H-,41,42,44);/q-3;+2/p-1/b26-16-,27-15-,30-17-;/t20-,24-,34+;/m0./s1. The van der Waals surface area contributed by atoms with Crippen LogP contribution in [0.25, 0.3) is 29.1 Å². The molecule has 0 radical (unpaired) electrons. The third-order valence-electron chi connectivity index (χ3n) is 10.00. The Morgan fingerprint density at radius 1 is 0.917 bits per heavy atom. The SMILES string of the molecule is C=CCOC(=O)CC[C@@H]1/C2=C3/c4[n-]c(c(C)c4C(=O)[C@@H]3C(=O)OC)/C=c3\[n-]/c(c(C)c3CC)=C\c3[n-]c(c(C)c3CC)/C=C(\[N-]2)[C@H]1C.[Mg+2]. The van der Waals surface area contributed by atoms with Gasteiger partial charge in [0.25, 0.3) is 0 Å². The Hall–Kier alpha value is -4.02. The van der Waals surface area contributed by atoms with Crippen molar-refractivity contribution in [2.24, 2.45) is 17.8 Å². The molecule has 0 N–H and O–H groups in total. The Balaban J connectivity index is 0.00000451. The van der Waals surface area contributed by atoms with Gasteiger partial charge >= 0.3 is 35.0 Å². The van der Waals surface area contributed by atoms with Crippen LogP contribution in [0.15, 0.2) is 24.0 Å². The number of hydrogen-bond donors (Lipinski definition) is 0. The molecular weight excluding hydrogens is 617 g/mol. The molecule has 3 atom stereocenters. The summed E-state index contributed by atoms with van der Waals surface area (Å²) in [5, 5.41) is 6.81. The van der Waals surface area contributed by atoms with Crippen molar-refractivity contribution in [3.8, 4) is 0 Å². The molecule has 8 bridgehead atoms. The summed E-state index contributed by atoms with van der Waals surface area (Å²) in [6.45, 7) is 16.0. The first-order valence-corrected chi connectivity index (χ1v) is 16.3. The van der Waals surface area contributed by atoms with Gasteiger partial charge in [0.2, 0.25) is 0 Å². The molecule has 48 heavy (non-hydrogen) atoms. The fraction of sp³-hybridized carbons (Fsp3) is 0.395. The van der Waals surface area contributed by atoms with Gasteiger partial charge in [-0.2, -0.15) is 11.4 Å². The molecule has 1 fully saturated rings. The minimum absolute atomic E-state index is 0. The van der Waals surface area contributed by atoms with Crippen LogP contribution in [0.1, 0.15) is 94.6 Å². The first kappa shape index (κ1) is 35.3. The predicted molar refractivity (Wildman–Crippen MR) is 186 cm³/mol. The summed E-state index contributed by atoms with van der Waals surface area (Å²) in [6, 6.07) is 0. The van der Waals surface area contributed by atoms with E-state index in [-0.39, 0.29) is 59.7 Å². The second-order valence-electron chi connectivity index (χ2n) is 12.5. The summed E-state index contributed by atoms with van der Waals surface area (Å²) in [5.74, 6) is -3.01. The molecule has 1 saturated heterocycles. The normalized spacial score (nSPS) is 23.2. The largest absolute Gasteiger partial charge is 2.00 e. The molecule has 0 saturated carbocycles. The van der Waals surface area contributed by atoms with Crippen molar-refractivity contribution in [1.82, 2.24) is 15.0 Å². The van der Waals surface area contributed by atoms with E-state index >= 15 is 0 Å². The van der Waals surface area contributed by atoms with Crippen LogP contribution >= 0.6 is 0 Å². The average molecular weight is 657 g/mol. The Kier molecular flexibility index (Phi) is 10.2. The number of nitrogens with zero attached hydrogens (tertiary/aromatic N) is 4. The first-order valence-electron chi connectivity index (χ1n) is 16.3. The van der Waals surface area contributed by atoms with E-state index in [2.05, 4.69) is 47.3 Å². The van der Waals surface area contributed by atoms with Gasteiger partial charge in [0, 0.05) is 12.0 Å². The molecule has 3 aromatic heterocycles. The van der Waals surface area contributed by atoms with Gasteiger partial charge in [0.1, 0.15) is 12.5 Å². The number of methoxy groups -OCH3 is 1. The smallest absolute Gasteiger partial charge is 0.664 e. The monoisotopic (exact) mass is 656 g/mol. The maximum atomic E-state index is 14.1. The Morgan fingerprint density at radius 2 is 1.60 bits per heavy atom. The number of ether oxygens (including phenoxy) is 2. The molecule has 3 aliphatic rings. The molecule has 6 rings (SSSR count). The topological polar surface area (TPSA) is 126 Å². The zero-order valence-electron chi connectivity index (χ0n) is 28.8. The molecule has 0 amide bonds. The van der Waals surface area contributed by atoms with E-state index in [1.165, 1.54) is 13.2 Å². The summed E-state index contributed by atoms with van der Waals surface area (Å²) in [5.41, 5.74) is 10.0. The van der Waals surface area contributed by atoms with Crippen molar-refractivity contribution >= 4 is 64.6 Å². The van der Waals surface area contributed by atoms with Crippen LogP contribution in [0.2, 0.25) is 0 Å². The van der Waals surface area contributed by atoms with Crippen LogP contribution in [0.4, 0.5) is 0 Å². The number of aromatic nitrogens is 3. The summed E-state index contributed by atoms with van der Waals surface area (Å²) >= 11 is 0. The third kappa shape index (κ3) is 5.72.